The first-order chi connectivity index (χ1) is 9.45. The molecule has 20 heavy (non-hydrogen) atoms. The lowest BCUT2D eigenvalue weighted by molar-refractivity contribution is 0.160. The average molecular weight is 297 g/mol. The predicted molar refractivity (Wildman–Crippen MR) is 75.9 cm³/mol. The number of halogens is 2. The van der Waals surface area contributed by atoms with Gasteiger partial charge >= 0.3 is 0 Å². The van der Waals surface area contributed by atoms with Gasteiger partial charge in [-0.2, -0.15) is 4.98 Å². The molecule has 1 aromatic heterocycles. The zero-order valence-electron chi connectivity index (χ0n) is 10.7. The Hall–Kier alpha value is -1.92. The topological polar surface area (TPSA) is 84.1 Å². The van der Waals surface area contributed by atoms with Crippen molar-refractivity contribution in [3.05, 3.63) is 46.9 Å². The number of nitrogens with two attached hydrogens (primary N) is 1. The largest absolute Gasteiger partial charge is 0.386 e. The predicted octanol–water partition coefficient (Wildman–Crippen LogP) is 2.39. The van der Waals surface area contributed by atoms with E-state index in [1.54, 1.807) is 6.92 Å². The normalized spacial score (nSPS) is 13.8. The molecule has 5 nitrogen and oxygen atoms in total. The van der Waals surface area contributed by atoms with Crippen LogP contribution in [0.4, 0.5) is 16.2 Å². The highest BCUT2D eigenvalue weighted by Gasteiger charge is 2.17. The fraction of sp³-hybridized carbons (Fsp3) is 0.231. The molecule has 106 valence electrons. The maximum absolute atomic E-state index is 12.8. The van der Waals surface area contributed by atoms with E-state index in [0.717, 1.165) is 0 Å². The van der Waals surface area contributed by atoms with E-state index in [1.807, 2.05) is 0 Å². The number of nitrogens with one attached hydrogen (secondary N) is 1. The third kappa shape index (κ3) is 3.55. The zero-order valence-corrected chi connectivity index (χ0v) is 11.5. The molecule has 0 spiro atoms. The van der Waals surface area contributed by atoms with Gasteiger partial charge in [-0.25, -0.2) is 9.37 Å². The first kappa shape index (κ1) is 14.5. The third-order valence-corrected chi connectivity index (χ3v) is 2.97. The van der Waals surface area contributed by atoms with Crippen LogP contribution in [0.25, 0.3) is 0 Å². The van der Waals surface area contributed by atoms with Crippen molar-refractivity contribution < 1.29 is 9.50 Å². The molecule has 1 heterocycles. The van der Waals surface area contributed by atoms with Gasteiger partial charge in [0.15, 0.2) is 0 Å². The van der Waals surface area contributed by atoms with Crippen LogP contribution in [0.1, 0.15) is 18.6 Å². The number of nitrogen functional groups attached to an aromatic ring is 1. The Balaban J connectivity index is 2.10. The minimum atomic E-state index is -0.828. The number of aliphatic hydroxyl groups is 1. The summed E-state index contributed by atoms with van der Waals surface area (Å²) in [5.41, 5.74) is 6.08. The highest BCUT2D eigenvalue weighted by atomic mass is 35.5. The van der Waals surface area contributed by atoms with E-state index in [9.17, 15) is 9.50 Å². The maximum Gasteiger partial charge on any atom is 0.223 e. The number of nitrogens with zero attached hydrogens (tertiary/aromatic N) is 2. The third-order valence-electron chi connectivity index (χ3n) is 2.77. The Bertz CT molecular complexity index is 573. The second-order valence-corrected chi connectivity index (χ2v) is 4.75. The molecule has 0 saturated carbocycles. The molecular formula is C13H14ClFN4O. The summed E-state index contributed by atoms with van der Waals surface area (Å²) in [6.07, 6.45) is -0.828. The van der Waals surface area contributed by atoms with Crippen LogP contribution in [-0.2, 0) is 0 Å². The van der Waals surface area contributed by atoms with Gasteiger partial charge in [-0.15, -0.1) is 0 Å². The number of rotatable bonds is 4. The lowest BCUT2D eigenvalue weighted by Crippen LogP contribution is -2.24. The van der Waals surface area contributed by atoms with E-state index < -0.39 is 6.10 Å². The first-order valence-electron chi connectivity index (χ1n) is 5.96. The number of hydrogen-bond donors (Lipinski definition) is 3. The van der Waals surface area contributed by atoms with Crippen molar-refractivity contribution in [3.8, 4) is 0 Å². The Kier molecular flexibility index (Phi) is 4.36. The molecule has 0 aliphatic rings. The van der Waals surface area contributed by atoms with E-state index >= 15 is 0 Å². The molecule has 4 N–H and O–H groups in total. The molecule has 7 heteroatoms. The number of benzene rings is 1. The average Bonchev–Trinajstić information content (AvgIpc) is 2.37. The molecule has 0 saturated heterocycles. The number of hydrogen-bond acceptors (Lipinski definition) is 5. The van der Waals surface area contributed by atoms with Crippen molar-refractivity contribution in [3.63, 3.8) is 0 Å². The van der Waals surface area contributed by atoms with Crippen LogP contribution in [0.3, 0.4) is 0 Å². The van der Waals surface area contributed by atoms with E-state index in [1.165, 1.54) is 30.3 Å². The molecule has 0 bridgehead atoms. The smallest absolute Gasteiger partial charge is 0.223 e. The SMILES string of the molecule is C[C@@H](Nc1cc(Cl)nc(N)n1)[C@@H](O)c1ccc(F)cc1. The van der Waals surface area contributed by atoms with Gasteiger partial charge in [0.25, 0.3) is 0 Å². The second-order valence-electron chi connectivity index (χ2n) is 4.36. The molecule has 2 aromatic rings. The summed E-state index contributed by atoms with van der Waals surface area (Å²) < 4.78 is 12.8. The summed E-state index contributed by atoms with van der Waals surface area (Å²) in [7, 11) is 0. The molecule has 0 fully saturated rings. The molecule has 0 radical (unpaired) electrons. The molecule has 0 unspecified atom stereocenters. The van der Waals surface area contributed by atoms with Crippen molar-refractivity contribution in [1.29, 1.82) is 0 Å². The maximum atomic E-state index is 12.8. The number of aromatic nitrogens is 2. The Morgan fingerprint density at radius 3 is 2.55 bits per heavy atom. The summed E-state index contributed by atoms with van der Waals surface area (Å²) in [4.78, 5) is 7.71. The number of anilines is 2. The second kappa shape index (κ2) is 6.02. The number of aliphatic hydroxyl groups excluding tert-OH is 1. The highest BCUT2D eigenvalue weighted by molar-refractivity contribution is 6.29. The van der Waals surface area contributed by atoms with Gasteiger partial charge < -0.3 is 16.2 Å². The summed E-state index contributed by atoms with van der Waals surface area (Å²) in [5.74, 6) is 0.108. The van der Waals surface area contributed by atoms with Crippen molar-refractivity contribution in [2.75, 3.05) is 11.1 Å². The molecule has 2 rings (SSSR count). The summed E-state index contributed by atoms with van der Waals surface area (Å²) in [6.45, 7) is 1.76. The van der Waals surface area contributed by atoms with Gasteiger partial charge in [-0.3, -0.25) is 0 Å². The van der Waals surface area contributed by atoms with Crippen molar-refractivity contribution in [1.82, 2.24) is 9.97 Å². The molecular weight excluding hydrogens is 283 g/mol. The lowest BCUT2D eigenvalue weighted by Gasteiger charge is -2.21. The minimum absolute atomic E-state index is 0.0449. The minimum Gasteiger partial charge on any atom is -0.386 e. The molecule has 2 atom stereocenters. The van der Waals surface area contributed by atoms with Gasteiger partial charge in [0.2, 0.25) is 5.95 Å². The Labute approximate surface area is 120 Å². The van der Waals surface area contributed by atoms with Gasteiger partial charge in [-0.1, -0.05) is 23.7 Å². The molecule has 0 aliphatic carbocycles. The molecule has 1 aromatic carbocycles. The lowest BCUT2D eigenvalue weighted by atomic mass is 10.0. The monoisotopic (exact) mass is 296 g/mol. The fourth-order valence-electron chi connectivity index (χ4n) is 1.77. The van der Waals surface area contributed by atoms with Gasteiger partial charge in [-0.05, 0) is 24.6 Å². The van der Waals surface area contributed by atoms with Crippen molar-refractivity contribution in [2.45, 2.75) is 19.1 Å². The van der Waals surface area contributed by atoms with Gasteiger partial charge in [0.05, 0.1) is 12.1 Å². The van der Waals surface area contributed by atoms with E-state index in [-0.39, 0.29) is 23.0 Å². The van der Waals surface area contributed by atoms with Crippen LogP contribution < -0.4 is 11.1 Å². The van der Waals surface area contributed by atoms with Crippen molar-refractivity contribution >= 4 is 23.4 Å². The summed E-state index contributed by atoms with van der Waals surface area (Å²) >= 11 is 5.77. The zero-order chi connectivity index (χ0) is 14.7. The van der Waals surface area contributed by atoms with Crippen LogP contribution in [0.5, 0.6) is 0 Å². The van der Waals surface area contributed by atoms with Crippen molar-refractivity contribution in [2.24, 2.45) is 0 Å². The first-order valence-corrected chi connectivity index (χ1v) is 6.33. The van der Waals surface area contributed by atoms with Crippen LogP contribution in [0.15, 0.2) is 30.3 Å². The molecule has 0 aliphatic heterocycles. The van der Waals surface area contributed by atoms with Crippen LogP contribution in [0.2, 0.25) is 5.15 Å². The Morgan fingerprint density at radius 1 is 1.30 bits per heavy atom. The van der Waals surface area contributed by atoms with E-state index in [2.05, 4.69) is 15.3 Å². The van der Waals surface area contributed by atoms with Crippen LogP contribution in [0, 0.1) is 5.82 Å². The van der Waals surface area contributed by atoms with Gasteiger partial charge in [0, 0.05) is 6.07 Å². The quantitative estimate of drug-likeness (QED) is 0.755. The standard InChI is InChI=1S/C13H14ClFN4O/c1-7(12(20)8-2-4-9(15)5-3-8)17-11-6-10(14)18-13(16)19-11/h2-7,12,20H,1H3,(H3,16,17,18,19)/t7-,12-/m1/s1. The summed E-state index contributed by atoms with van der Waals surface area (Å²) in [6, 6.07) is 6.78. The highest BCUT2D eigenvalue weighted by Crippen LogP contribution is 2.21. The van der Waals surface area contributed by atoms with E-state index in [0.29, 0.717) is 11.4 Å². The van der Waals surface area contributed by atoms with Gasteiger partial charge in [0.1, 0.15) is 16.8 Å². The molecule has 0 amide bonds. The van der Waals surface area contributed by atoms with Crippen LogP contribution in [-0.4, -0.2) is 21.1 Å². The van der Waals surface area contributed by atoms with Crippen LogP contribution >= 0.6 is 11.6 Å². The fourth-order valence-corrected chi connectivity index (χ4v) is 1.96. The van der Waals surface area contributed by atoms with E-state index in [4.69, 9.17) is 17.3 Å². The summed E-state index contributed by atoms with van der Waals surface area (Å²) in [5, 5.41) is 13.4. The Morgan fingerprint density at radius 2 is 1.95 bits per heavy atom.